The molecule has 19 heavy (non-hydrogen) atoms. The van der Waals surface area contributed by atoms with Gasteiger partial charge in [0.2, 0.25) is 0 Å². The van der Waals surface area contributed by atoms with Crippen LogP contribution in [0.2, 0.25) is 0 Å². The average molecular weight is 262 g/mol. The number of piperidine rings is 1. The number of hydrogen-bond acceptors (Lipinski definition) is 3. The van der Waals surface area contributed by atoms with Crippen molar-refractivity contribution in [1.29, 1.82) is 0 Å². The zero-order valence-corrected chi connectivity index (χ0v) is 12.1. The Balaban J connectivity index is 1.95. The molecule has 1 heterocycles. The molecule has 1 aliphatic rings. The van der Waals surface area contributed by atoms with Crippen molar-refractivity contribution in [1.82, 2.24) is 4.90 Å². The molecule has 2 atom stereocenters. The molecule has 0 bridgehead atoms. The topological polar surface area (TPSA) is 38.5 Å². The number of likely N-dealkylation sites (tertiary alicyclic amines) is 1. The van der Waals surface area contributed by atoms with E-state index < -0.39 is 0 Å². The predicted molar refractivity (Wildman–Crippen MR) is 79.2 cm³/mol. The van der Waals surface area contributed by atoms with Crippen molar-refractivity contribution in [2.75, 3.05) is 26.2 Å². The van der Waals surface area contributed by atoms with Crippen molar-refractivity contribution in [3.05, 3.63) is 29.8 Å². The van der Waals surface area contributed by atoms with Crippen molar-refractivity contribution in [3.63, 3.8) is 0 Å². The van der Waals surface area contributed by atoms with E-state index in [1.165, 1.54) is 18.5 Å². The summed E-state index contributed by atoms with van der Waals surface area (Å²) in [5, 5.41) is 0. The summed E-state index contributed by atoms with van der Waals surface area (Å²) < 4.78 is 5.56. The summed E-state index contributed by atoms with van der Waals surface area (Å²) in [6.45, 7) is 9.17. The van der Waals surface area contributed by atoms with Gasteiger partial charge in [0, 0.05) is 13.1 Å². The Labute approximate surface area is 116 Å². The first kappa shape index (κ1) is 14.4. The third-order valence-corrected chi connectivity index (χ3v) is 4.12. The summed E-state index contributed by atoms with van der Waals surface area (Å²) in [4.78, 5) is 2.52. The standard InChI is InChI=1S/C16H26N2O/c1-3-19-16-6-4-5-14(9-16)11-18-8-7-13(2)15(10-17)12-18/h4-6,9,13,15H,3,7-8,10-12,17H2,1-2H3. The van der Waals surface area contributed by atoms with Crippen LogP contribution in [-0.2, 0) is 6.54 Å². The predicted octanol–water partition coefficient (Wildman–Crippen LogP) is 2.50. The van der Waals surface area contributed by atoms with Crippen LogP contribution < -0.4 is 10.5 Å². The minimum atomic E-state index is 0.642. The SMILES string of the molecule is CCOc1cccc(CN2CCC(C)C(CN)C2)c1. The zero-order valence-electron chi connectivity index (χ0n) is 12.1. The van der Waals surface area contributed by atoms with E-state index in [2.05, 4.69) is 30.0 Å². The van der Waals surface area contributed by atoms with Crippen LogP contribution in [0.3, 0.4) is 0 Å². The van der Waals surface area contributed by atoms with E-state index >= 15 is 0 Å². The van der Waals surface area contributed by atoms with E-state index in [0.717, 1.165) is 37.9 Å². The molecule has 1 aromatic rings. The van der Waals surface area contributed by atoms with Crippen LogP contribution in [0.15, 0.2) is 24.3 Å². The molecule has 1 fully saturated rings. The maximum Gasteiger partial charge on any atom is 0.119 e. The lowest BCUT2D eigenvalue weighted by Crippen LogP contribution is -2.42. The molecule has 0 radical (unpaired) electrons. The zero-order chi connectivity index (χ0) is 13.7. The highest BCUT2D eigenvalue weighted by Gasteiger charge is 2.24. The second kappa shape index (κ2) is 6.92. The summed E-state index contributed by atoms with van der Waals surface area (Å²) in [5.41, 5.74) is 7.20. The fraction of sp³-hybridized carbons (Fsp3) is 0.625. The van der Waals surface area contributed by atoms with Crippen LogP contribution in [0.25, 0.3) is 0 Å². The monoisotopic (exact) mass is 262 g/mol. The van der Waals surface area contributed by atoms with Gasteiger partial charge < -0.3 is 10.5 Å². The molecular formula is C16H26N2O. The molecule has 2 N–H and O–H groups in total. The maximum atomic E-state index is 5.87. The molecule has 0 spiro atoms. The molecule has 3 heteroatoms. The molecule has 2 rings (SSSR count). The first-order chi connectivity index (χ1) is 9.22. The van der Waals surface area contributed by atoms with E-state index in [1.54, 1.807) is 0 Å². The van der Waals surface area contributed by atoms with Crippen molar-refractivity contribution in [2.24, 2.45) is 17.6 Å². The van der Waals surface area contributed by atoms with Gasteiger partial charge in [-0.15, -0.1) is 0 Å². The molecule has 2 unspecified atom stereocenters. The smallest absolute Gasteiger partial charge is 0.119 e. The van der Waals surface area contributed by atoms with Crippen molar-refractivity contribution in [2.45, 2.75) is 26.8 Å². The average Bonchev–Trinajstić information content (AvgIpc) is 2.42. The van der Waals surface area contributed by atoms with Gasteiger partial charge in [-0.1, -0.05) is 19.1 Å². The van der Waals surface area contributed by atoms with Crippen LogP contribution >= 0.6 is 0 Å². The van der Waals surface area contributed by atoms with E-state index in [1.807, 2.05) is 13.0 Å². The normalized spacial score (nSPS) is 24.4. The highest BCUT2D eigenvalue weighted by atomic mass is 16.5. The van der Waals surface area contributed by atoms with Crippen LogP contribution in [0, 0.1) is 11.8 Å². The number of benzene rings is 1. The van der Waals surface area contributed by atoms with Crippen LogP contribution in [0.1, 0.15) is 25.8 Å². The lowest BCUT2D eigenvalue weighted by Gasteiger charge is -2.36. The van der Waals surface area contributed by atoms with Crippen molar-refractivity contribution < 1.29 is 4.74 Å². The summed E-state index contributed by atoms with van der Waals surface area (Å²) in [5.74, 6) is 2.38. The summed E-state index contributed by atoms with van der Waals surface area (Å²) in [6, 6.07) is 8.43. The lowest BCUT2D eigenvalue weighted by atomic mass is 9.87. The first-order valence-electron chi connectivity index (χ1n) is 7.37. The number of rotatable bonds is 5. The molecule has 0 aliphatic carbocycles. The lowest BCUT2D eigenvalue weighted by molar-refractivity contribution is 0.126. The highest BCUT2D eigenvalue weighted by Crippen LogP contribution is 2.24. The Morgan fingerprint density at radius 1 is 1.42 bits per heavy atom. The Hall–Kier alpha value is -1.06. The molecular weight excluding hydrogens is 236 g/mol. The minimum Gasteiger partial charge on any atom is -0.494 e. The van der Waals surface area contributed by atoms with Gasteiger partial charge in [-0.3, -0.25) is 4.90 Å². The van der Waals surface area contributed by atoms with Gasteiger partial charge in [0.1, 0.15) is 5.75 Å². The summed E-state index contributed by atoms with van der Waals surface area (Å²) >= 11 is 0. The molecule has 1 saturated heterocycles. The van der Waals surface area contributed by atoms with Gasteiger partial charge in [-0.05, 0) is 56.0 Å². The van der Waals surface area contributed by atoms with E-state index in [-0.39, 0.29) is 0 Å². The molecule has 0 amide bonds. The Bertz CT molecular complexity index is 394. The molecule has 3 nitrogen and oxygen atoms in total. The Morgan fingerprint density at radius 3 is 3.00 bits per heavy atom. The maximum absolute atomic E-state index is 5.87. The van der Waals surface area contributed by atoms with Gasteiger partial charge in [-0.25, -0.2) is 0 Å². The molecule has 0 aromatic heterocycles. The number of nitrogens with two attached hydrogens (primary N) is 1. The Kier molecular flexibility index (Phi) is 5.23. The van der Waals surface area contributed by atoms with Gasteiger partial charge >= 0.3 is 0 Å². The van der Waals surface area contributed by atoms with Gasteiger partial charge in [0.05, 0.1) is 6.61 Å². The molecule has 1 aromatic carbocycles. The second-order valence-corrected chi connectivity index (χ2v) is 5.58. The molecule has 1 aliphatic heterocycles. The van der Waals surface area contributed by atoms with Crippen LogP contribution in [-0.4, -0.2) is 31.1 Å². The Morgan fingerprint density at radius 2 is 2.26 bits per heavy atom. The number of ether oxygens (including phenoxy) is 1. The van der Waals surface area contributed by atoms with Gasteiger partial charge in [0.25, 0.3) is 0 Å². The minimum absolute atomic E-state index is 0.642. The summed E-state index contributed by atoms with van der Waals surface area (Å²) in [7, 11) is 0. The van der Waals surface area contributed by atoms with Crippen LogP contribution in [0.4, 0.5) is 0 Å². The molecule has 0 saturated carbocycles. The third-order valence-electron chi connectivity index (χ3n) is 4.12. The fourth-order valence-electron chi connectivity index (χ4n) is 2.83. The second-order valence-electron chi connectivity index (χ2n) is 5.58. The third kappa shape index (κ3) is 3.95. The van der Waals surface area contributed by atoms with Gasteiger partial charge in [0.15, 0.2) is 0 Å². The quantitative estimate of drug-likeness (QED) is 0.886. The first-order valence-corrected chi connectivity index (χ1v) is 7.37. The van der Waals surface area contributed by atoms with Crippen molar-refractivity contribution >= 4 is 0 Å². The summed E-state index contributed by atoms with van der Waals surface area (Å²) in [6.07, 6.45) is 1.26. The van der Waals surface area contributed by atoms with E-state index in [0.29, 0.717) is 5.92 Å². The van der Waals surface area contributed by atoms with Crippen molar-refractivity contribution in [3.8, 4) is 5.75 Å². The highest BCUT2D eigenvalue weighted by molar-refractivity contribution is 5.28. The fourth-order valence-corrected chi connectivity index (χ4v) is 2.83. The van der Waals surface area contributed by atoms with E-state index in [4.69, 9.17) is 10.5 Å². The van der Waals surface area contributed by atoms with E-state index in [9.17, 15) is 0 Å². The van der Waals surface area contributed by atoms with Crippen LogP contribution in [0.5, 0.6) is 5.75 Å². The van der Waals surface area contributed by atoms with Gasteiger partial charge in [-0.2, -0.15) is 0 Å². The largest absolute Gasteiger partial charge is 0.494 e. The number of hydrogen-bond donors (Lipinski definition) is 1. The molecule has 106 valence electrons. The number of nitrogens with zero attached hydrogens (tertiary/aromatic N) is 1.